The lowest BCUT2D eigenvalue weighted by Crippen LogP contribution is -2.23. The van der Waals surface area contributed by atoms with Crippen molar-refractivity contribution in [2.24, 2.45) is 0 Å². The van der Waals surface area contributed by atoms with Gasteiger partial charge in [0.2, 0.25) is 10.0 Å². The van der Waals surface area contributed by atoms with Gasteiger partial charge in [-0.3, -0.25) is 4.79 Å². The van der Waals surface area contributed by atoms with E-state index in [2.05, 4.69) is 10.0 Å². The lowest BCUT2D eigenvalue weighted by atomic mass is 10.0. The highest BCUT2D eigenvalue weighted by Gasteiger charge is 2.14. The Morgan fingerprint density at radius 1 is 0.758 bits per heavy atom. The van der Waals surface area contributed by atoms with Gasteiger partial charge in [0.1, 0.15) is 0 Å². The third-order valence-corrected chi connectivity index (χ3v) is 6.66. The maximum absolute atomic E-state index is 12.7. The number of carbonyl (C=O) groups excluding carboxylic acids is 1. The van der Waals surface area contributed by atoms with Gasteiger partial charge in [0.15, 0.2) is 0 Å². The molecule has 2 N–H and O–H groups in total. The van der Waals surface area contributed by atoms with E-state index in [-0.39, 0.29) is 17.3 Å². The molecule has 33 heavy (non-hydrogen) atoms. The molecule has 0 saturated carbocycles. The van der Waals surface area contributed by atoms with Crippen molar-refractivity contribution >= 4 is 21.6 Å². The highest BCUT2D eigenvalue weighted by atomic mass is 32.2. The first kappa shape index (κ1) is 22.5. The van der Waals surface area contributed by atoms with Crippen molar-refractivity contribution < 1.29 is 13.2 Å². The zero-order valence-corrected chi connectivity index (χ0v) is 19.0. The van der Waals surface area contributed by atoms with Gasteiger partial charge in [-0.1, -0.05) is 72.3 Å². The maximum atomic E-state index is 12.7. The molecule has 4 aromatic rings. The molecule has 4 aromatic carbocycles. The monoisotopic (exact) mass is 456 g/mol. The first-order chi connectivity index (χ1) is 15.9. The van der Waals surface area contributed by atoms with E-state index in [4.69, 9.17) is 0 Å². The predicted molar refractivity (Wildman–Crippen MR) is 131 cm³/mol. The van der Waals surface area contributed by atoms with Crippen LogP contribution in [0, 0.1) is 6.92 Å². The van der Waals surface area contributed by atoms with Crippen LogP contribution in [0.2, 0.25) is 0 Å². The summed E-state index contributed by atoms with van der Waals surface area (Å²) in [5.74, 6) is -0.204. The summed E-state index contributed by atoms with van der Waals surface area (Å²) in [5, 5.41) is 2.89. The van der Waals surface area contributed by atoms with Gasteiger partial charge >= 0.3 is 0 Å². The average Bonchev–Trinajstić information content (AvgIpc) is 2.85. The second kappa shape index (κ2) is 9.81. The van der Waals surface area contributed by atoms with Crippen LogP contribution in [0.15, 0.2) is 108 Å². The van der Waals surface area contributed by atoms with Crippen molar-refractivity contribution in [1.82, 2.24) is 4.72 Å². The van der Waals surface area contributed by atoms with Gasteiger partial charge in [0.25, 0.3) is 5.91 Å². The summed E-state index contributed by atoms with van der Waals surface area (Å²) in [5.41, 5.74) is 4.91. The molecule has 0 bridgehead atoms. The Kier molecular flexibility index (Phi) is 6.68. The van der Waals surface area contributed by atoms with Crippen LogP contribution < -0.4 is 10.0 Å². The smallest absolute Gasteiger partial charge is 0.255 e. The lowest BCUT2D eigenvalue weighted by molar-refractivity contribution is 0.102. The van der Waals surface area contributed by atoms with Crippen molar-refractivity contribution in [2.75, 3.05) is 5.32 Å². The van der Waals surface area contributed by atoms with E-state index in [1.165, 1.54) is 0 Å². The second-order valence-electron chi connectivity index (χ2n) is 7.74. The molecule has 1 amide bonds. The molecule has 0 aliphatic heterocycles. The largest absolute Gasteiger partial charge is 0.322 e. The molecule has 166 valence electrons. The van der Waals surface area contributed by atoms with Crippen LogP contribution in [0.5, 0.6) is 0 Å². The molecule has 0 aliphatic rings. The molecule has 0 heterocycles. The number of rotatable bonds is 7. The van der Waals surface area contributed by atoms with Crippen molar-refractivity contribution in [3.05, 3.63) is 120 Å². The van der Waals surface area contributed by atoms with Crippen LogP contribution in [-0.2, 0) is 16.6 Å². The van der Waals surface area contributed by atoms with Gasteiger partial charge in [-0.15, -0.1) is 0 Å². The number of aryl methyl sites for hydroxylation is 1. The molecule has 6 heteroatoms. The highest BCUT2D eigenvalue weighted by molar-refractivity contribution is 7.89. The summed E-state index contributed by atoms with van der Waals surface area (Å²) < 4.78 is 27.9. The predicted octanol–water partition coefficient (Wildman–Crippen LogP) is 5.39. The second-order valence-corrected chi connectivity index (χ2v) is 9.50. The van der Waals surface area contributed by atoms with Crippen molar-refractivity contribution in [2.45, 2.75) is 18.4 Å². The van der Waals surface area contributed by atoms with Crippen molar-refractivity contribution in [3.63, 3.8) is 0 Å². The summed E-state index contributed by atoms with van der Waals surface area (Å²) in [4.78, 5) is 12.8. The van der Waals surface area contributed by atoms with Crippen LogP contribution in [0.3, 0.4) is 0 Å². The van der Waals surface area contributed by atoms with E-state index in [1.807, 2.05) is 73.7 Å². The number of amides is 1. The van der Waals surface area contributed by atoms with E-state index in [0.717, 1.165) is 27.9 Å². The van der Waals surface area contributed by atoms with E-state index in [1.54, 1.807) is 36.4 Å². The molecule has 0 aromatic heterocycles. The Hall–Kier alpha value is -3.74. The van der Waals surface area contributed by atoms with Gasteiger partial charge < -0.3 is 5.32 Å². The number of hydrogen-bond acceptors (Lipinski definition) is 3. The SMILES string of the molecule is Cc1ccc(NC(=O)c2cccc(-c3ccc(S(=O)(=O)NCc4ccccc4)cc3)c2)cc1. The molecular weight excluding hydrogens is 432 g/mol. The first-order valence-electron chi connectivity index (χ1n) is 10.5. The van der Waals surface area contributed by atoms with Crippen molar-refractivity contribution in [3.8, 4) is 11.1 Å². The summed E-state index contributed by atoms with van der Waals surface area (Å²) in [6.07, 6.45) is 0. The van der Waals surface area contributed by atoms with Crippen LogP contribution in [0.1, 0.15) is 21.5 Å². The summed E-state index contributed by atoms with van der Waals surface area (Å²) in [6.45, 7) is 2.22. The Labute approximate surface area is 194 Å². The van der Waals surface area contributed by atoms with Crippen LogP contribution in [0.25, 0.3) is 11.1 Å². The number of anilines is 1. The molecule has 5 nitrogen and oxygen atoms in total. The fraction of sp³-hybridized carbons (Fsp3) is 0.0741. The molecule has 0 atom stereocenters. The molecule has 0 saturated heterocycles. The topological polar surface area (TPSA) is 75.3 Å². The fourth-order valence-corrected chi connectivity index (χ4v) is 4.38. The van der Waals surface area contributed by atoms with Crippen molar-refractivity contribution in [1.29, 1.82) is 0 Å². The minimum Gasteiger partial charge on any atom is -0.322 e. The normalized spacial score (nSPS) is 11.2. The maximum Gasteiger partial charge on any atom is 0.255 e. The third kappa shape index (κ3) is 5.74. The molecule has 4 rings (SSSR count). The zero-order valence-electron chi connectivity index (χ0n) is 18.2. The summed E-state index contributed by atoms with van der Waals surface area (Å²) in [7, 11) is -3.63. The number of carbonyl (C=O) groups is 1. The van der Waals surface area contributed by atoms with E-state index in [0.29, 0.717) is 5.56 Å². The molecule has 0 spiro atoms. The summed E-state index contributed by atoms with van der Waals surface area (Å²) in [6, 6.07) is 30.8. The molecular formula is C27H24N2O3S. The third-order valence-electron chi connectivity index (χ3n) is 5.24. The van der Waals surface area contributed by atoms with Gasteiger partial charge in [0.05, 0.1) is 4.90 Å². The van der Waals surface area contributed by atoms with Gasteiger partial charge in [0, 0.05) is 17.8 Å². The number of sulfonamides is 1. The standard InChI is InChI=1S/C27H24N2O3S/c1-20-10-14-25(15-11-20)29-27(30)24-9-5-8-23(18-24)22-12-16-26(17-13-22)33(31,32)28-19-21-6-3-2-4-7-21/h2-18,28H,19H2,1H3,(H,29,30). The quantitative estimate of drug-likeness (QED) is 0.391. The Morgan fingerprint density at radius 3 is 2.15 bits per heavy atom. The minimum absolute atomic E-state index is 0.190. The Balaban J connectivity index is 1.47. The average molecular weight is 457 g/mol. The molecule has 0 radical (unpaired) electrons. The Bertz CT molecular complexity index is 1350. The number of hydrogen-bond donors (Lipinski definition) is 2. The van der Waals surface area contributed by atoms with Crippen LogP contribution in [-0.4, -0.2) is 14.3 Å². The van der Waals surface area contributed by atoms with E-state index < -0.39 is 10.0 Å². The fourth-order valence-electron chi connectivity index (χ4n) is 3.36. The lowest BCUT2D eigenvalue weighted by Gasteiger charge is -2.10. The molecule has 0 unspecified atom stereocenters. The Morgan fingerprint density at radius 2 is 1.45 bits per heavy atom. The van der Waals surface area contributed by atoms with Crippen LogP contribution in [0.4, 0.5) is 5.69 Å². The van der Waals surface area contributed by atoms with Gasteiger partial charge in [-0.05, 0) is 60.0 Å². The van der Waals surface area contributed by atoms with Crippen LogP contribution >= 0.6 is 0 Å². The van der Waals surface area contributed by atoms with E-state index in [9.17, 15) is 13.2 Å². The number of benzene rings is 4. The zero-order chi connectivity index (χ0) is 23.3. The molecule has 0 fully saturated rings. The van der Waals surface area contributed by atoms with E-state index >= 15 is 0 Å². The van der Waals surface area contributed by atoms with Gasteiger partial charge in [-0.2, -0.15) is 0 Å². The number of nitrogens with one attached hydrogen (secondary N) is 2. The first-order valence-corrected chi connectivity index (χ1v) is 12.0. The molecule has 0 aliphatic carbocycles. The summed E-state index contributed by atoms with van der Waals surface area (Å²) >= 11 is 0. The highest BCUT2D eigenvalue weighted by Crippen LogP contribution is 2.23. The minimum atomic E-state index is -3.63. The van der Waals surface area contributed by atoms with Gasteiger partial charge in [-0.25, -0.2) is 13.1 Å².